The zero-order chi connectivity index (χ0) is 16.6. The number of halogens is 1. The summed E-state index contributed by atoms with van der Waals surface area (Å²) in [6.07, 6.45) is 1.89. The van der Waals surface area contributed by atoms with Gasteiger partial charge in [0.25, 0.3) is 0 Å². The highest BCUT2D eigenvalue weighted by atomic mass is 35.5. The van der Waals surface area contributed by atoms with Crippen LogP contribution in [0.15, 0.2) is 48.5 Å². The molecule has 0 amide bonds. The van der Waals surface area contributed by atoms with Crippen molar-refractivity contribution >= 4 is 35.0 Å². The van der Waals surface area contributed by atoms with Gasteiger partial charge in [0.15, 0.2) is 5.78 Å². The lowest BCUT2D eigenvalue weighted by molar-refractivity contribution is -0.135. The first-order valence-electron chi connectivity index (χ1n) is 7.19. The molecule has 1 atom stereocenters. The molecule has 0 aliphatic heterocycles. The summed E-state index contributed by atoms with van der Waals surface area (Å²) in [5, 5.41) is 2.04. The summed E-state index contributed by atoms with van der Waals surface area (Å²) in [7, 11) is 1.28. The number of ether oxygens (including phenoxy) is 1. The molecule has 0 bridgehead atoms. The average molecular weight is 327 g/mol. The lowest BCUT2D eigenvalue weighted by Gasteiger charge is -2.28. The first-order chi connectivity index (χ1) is 11.0. The number of Topliss-reactive ketones (excluding diaryl/α,β-unsaturated/α-hetero) is 1. The van der Waals surface area contributed by atoms with Crippen LogP contribution in [0, 0.1) is 0 Å². The molecule has 0 fully saturated rings. The fourth-order valence-electron chi connectivity index (χ4n) is 2.92. The van der Waals surface area contributed by atoms with Gasteiger partial charge in [0.05, 0.1) is 12.5 Å². The summed E-state index contributed by atoms with van der Waals surface area (Å²) >= 11 is 5.94. The minimum atomic E-state index is -0.942. The third kappa shape index (κ3) is 2.47. The molecule has 0 heterocycles. The van der Waals surface area contributed by atoms with Crippen molar-refractivity contribution in [3.8, 4) is 0 Å². The third-order valence-electron chi connectivity index (χ3n) is 4.21. The maximum absolute atomic E-state index is 13.1. The van der Waals surface area contributed by atoms with E-state index in [-0.39, 0.29) is 11.4 Å². The molecule has 3 nitrogen and oxygen atoms in total. The Kier molecular flexibility index (Phi) is 3.82. The van der Waals surface area contributed by atoms with Crippen LogP contribution in [0.25, 0.3) is 11.6 Å². The lowest BCUT2D eigenvalue weighted by atomic mass is 9.72. The van der Waals surface area contributed by atoms with Crippen molar-refractivity contribution in [2.75, 3.05) is 7.11 Å². The molecule has 0 saturated carbocycles. The molecule has 0 radical (unpaired) electrons. The lowest BCUT2D eigenvalue weighted by Crippen LogP contribution is -2.46. The zero-order valence-electron chi connectivity index (χ0n) is 12.8. The van der Waals surface area contributed by atoms with Crippen LogP contribution in [0.3, 0.4) is 0 Å². The SMILES string of the molecule is COC(=O)C1=c2ccccc2=CC(C)(c2ccc(Cl)cc2)C1=O. The van der Waals surface area contributed by atoms with Gasteiger partial charge in [-0.1, -0.05) is 54.1 Å². The van der Waals surface area contributed by atoms with E-state index in [1.807, 2.05) is 18.2 Å². The minimum absolute atomic E-state index is 0.0862. The van der Waals surface area contributed by atoms with E-state index in [4.69, 9.17) is 16.3 Å². The Bertz CT molecular complexity index is 912. The van der Waals surface area contributed by atoms with Gasteiger partial charge in [-0.2, -0.15) is 0 Å². The molecule has 116 valence electrons. The second-order valence-electron chi connectivity index (χ2n) is 5.64. The molecule has 3 rings (SSSR count). The zero-order valence-corrected chi connectivity index (χ0v) is 13.6. The molecule has 1 aliphatic carbocycles. The van der Waals surface area contributed by atoms with Crippen molar-refractivity contribution < 1.29 is 14.3 Å². The fraction of sp³-hybridized carbons (Fsp3) is 0.158. The van der Waals surface area contributed by atoms with Gasteiger partial charge in [0.1, 0.15) is 5.57 Å². The average Bonchev–Trinajstić information content (AvgIpc) is 2.56. The number of hydrogen-bond donors (Lipinski definition) is 0. The Labute approximate surface area is 138 Å². The smallest absolute Gasteiger partial charge is 0.342 e. The highest BCUT2D eigenvalue weighted by molar-refractivity contribution is 6.43. The fourth-order valence-corrected chi connectivity index (χ4v) is 3.05. The van der Waals surface area contributed by atoms with E-state index in [1.54, 1.807) is 43.3 Å². The van der Waals surface area contributed by atoms with Gasteiger partial charge < -0.3 is 4.74 Å². The van der Waals surface area contributed by atoms with Gasteiger partial charge in [-0.15, -0.1) is 0 Å². The topological polar surface area (TPSA) is 43.4 Å². The van der Waals surface area contributed by atoms with Crippen LogP contribution >= 0.6 is 11.6 Å². The van der Waals surface area contributed by atoms with Crippen molar-refractivity contribution in [3.05, 3.63) is 69.6 Å². The van der Waals surface area contributed by atoms with Gasteiger partial charge in [-0.3, -0.25) is 4.79 Å². The van der Waals surface area contributed by atoms with Gasteiger partial charge in [0.2, 0.25) is 0 Å². The summed E-state index contributed by atoms with van der Waals surface area (Å²) in [4.78, 5) is 25.3. The van der Waals surface area contributed by atoms with Crippen molar-refractivity contribution in [3.63, 3.8) is 0 Å². The van der Waals surface area contributed by atoms with Crippen LogP contribution < -0.4 is 10.4 Å². The van der Waals surface area contributed by atoms with Gasteiger partial charge in [-0.05, 0) is 35.1 Å². The monoisotopic (exact) mass is 326 g/mol. The van der Waals surface area contributed by atoms with Crippen LogP contribution in [-0.4, -0.2) is 18.9 Å². The van der Waals surface area contributed by atoms with Crippen molar-refractivity contribution in [2.45, 2.75) is 12.3 Å². The number of fused-ring (bicyclic) bond motifs is 1. The van der Waals surface area contributed by atoms with Gasteiger partial charge >= 0.3 is 5.97 Å². The van der Waals surface area contributed by atoms with E-state index in [9.17, 15) is 9.59 Å². The normalized spacial score (nSPS) is 19.8. The molecule has 0 N–H and O–H groups in total. The largest absolute Gasteiger partial charge is 0.465 e. The quantitative estimate of drug-likeness (QED) is 0.793. The second-order valence-corrected chi connectivity index (χ2v) is 6.07. The number of esters is 1. The van der Waals surface area contributed by atoms with Crippen LogP contribution in [0.1, 0.15) is 12.5 Å². The minimum Gasteiger partial charge on any atom is -0.465 e. The summed E-state index contributed by atoms with van der Waals surface area (Å²) in [6.45, 7) is 1.80. The molecule has 23 heavy (non-hydrogen) atoms. The number of hydrogen-bond acceptors (Lipinski definition) is 3. The number of benzene rings is 2. The molecule has 4 heteroatoms. The van der Waals surface area contributed by atoms with Gasteiger partial charge in [0, 0.05) is 5.02 Å². The Morgan fingerprint density at radius 2 is 1.74 bits per heavy atom. The van der Waals surface area contributed by atoms with Crippen LogP contribution in [-0.2, 0) is 19.7 Å². The van der Waals surface area contributed by atoms with E-state index in [0.29, 0.717) is 10.2 Å². The van der Waals surface area contributed by atoms with E-state index in [2.05, 4.69) is 0 Å². The first-order valence-corrected chi connectivity index (χ1v) is 7.56. The summed E-state index contributed by atoms with van der Waals surface area (Å²) in [5.74, 6) is -0.888. The number of carbonyl (C=O) groups is 2. The molecule has 0 saturated heterocycles. The maximum Gasteiger partial charge on any atom is 0.342 e. The summed E-state index contributed by atoms with van der Waals surface area (Å²) in [6, 6.07) is 14.4. The highest BCUT2D eigenvalue weighted by Gasteiger charge is 2.40. The van der Waals surface area contributed by atoms with E-state index < -0.39 is 11.4 Å². The van der Waals surface area contributed by atoms with E-state index in [0.717, 1.165) is 10.8 Å². The van der Waals surface area contributed by atoms with Gasteiger partial charge in [-0.25, -0.2) is 4.79 Å². The summed E-state index contributed by atoms with van der Waals surface area (Å²) < 4.78 is 4.83. The van der Waals surface area contributed by atoms with Crippen molar-refractivity contribution in [1.29, 1.82) is 0 Å². The highest BCUT2D eigenvalue weighted by Crippen LogP contribution is 2.32. The molecule has 1 unspecified atom stereocenters. The second kappa shape index (κ2) is 5.67. The predicted octanol–water partition coefficient (Wildman–Crippen LogP) is 1.98. The Hall–Kier alpha value is -2.39. The summed E-state index contributed by atoms with van der Waals surface area (Å²) in [5.41, 5.74) is -0.0755. The van der Waals surface area contributed by atoms with Crippen LogP contribution in [0.5, 0.6) is 0 Å². The number of methoxy groups -OCH3 is 1. The van der Waals surface area contributed by atoms with Crippen molar-refractivity contribution in [2.24, 2.45) is 0 Å². The molecule has 2 aromatic carbocycles. The van der Waals surface area contributed by atoms with Crippen LogP contribution in [0.4, 0.5) is 0 Å². The maximum atomic E-state index is 13.1. The Balaban J connectivity index is 2.32. The number of ketones is 1. The molecule has 0 spiro atoms. The number of rotatable bonds is 2. The molecular formula is C19H15ClO3. The van der Waals surface area contributed by atoms with Crippen molar-refractivity contribution in [1.82, 2.24) is 0 Å². The third-order valence-corrected chi connectivity index (χ3v) is 4.46. The Morgan fingerprint density at radius 1 is 1.09 bits per heavy atom. The van der Waals surface area contributed by atoms with E-state index >= 15 is 0 Å². The molecule has 2 aromatic rings. The molecular weight excluding hydrogens is 312 g/mol. The predicted molar refractivity (Wildman–Crippen MR) is 89.4 cm³/mol. The first kappa shape index (κ1) is 15.5. The molecule has 1 aliphatic rings. The molecule has 0 aromatic heterocycles. The number of carbonyl (C=O) groups excluding carboxylic acids is 2. The van der Waals surface area contributed by atoms with E-state index in [1.165, 1.54) is 7.11 Å². The van der Waals surface area contributed by atoms with Crippen LogP contribution in [0.2, 0.25) is 5.02 Å². The standard InChI is InChI=1S/C19H15ClO3/c1-19(13-7-9-14(20)10-8-13)11-12-5-3-4-6-15(12)16(17(19)21)18(22)23-2/h3-11H,1-2H3. The Morgan fingerprint density at radius 3 is 2.39 bits per heavy atom.